The molecule has 2 heterocycles. The molecule has 0 bridgehead atoms. The molecule has 0 radical (unpaired) electrons. The van der Waals surface area contributed by atoms with Gasteiger partial charge in [0.2, 0.25) is 0 Å². The fourth-order valence-corrected chi connectivity index (χ4v) is 3.21. The van der Waals surface area contributed by atoms with E-state index in [-0.39, 0.29) is 12.0 Å². The van der Waals surface area contributed by atoms with E-state index < -0.39 is 0 Å². The van der Waals surface area contributed by atoms with Gasteiger partial charge < -0.3 is 9.47 Å². The summed E-state index contributed by atoms with van der Waals surface area (Å²) in [6.45, 7) is 3.11. The molecule has 0 aliphatic carbocycles. The average Bonchev–Trinajstić information content (AvgIpc) is 3.22. The van der Waals surface area contributed by atoms with Crippen LogP contribution in [0.1, 0.15) is 28.9 Å². The maximum absolute atomic E-state index is 11.9. The van der Waals surface area contributed by atoms with Crippen molar-refractivity contribution in [1.82, 2.24) is 15.6 Å². The zero-order valence-electron chi connectivity index (χ0n) is 13.3. The first-order valence-corrected chi connectivity index (χ1v) is 8.49. The van der Waals surface area contributed by atoms with E-state index in [0.29, 0.717) is 23.6 Å². The number of ether oxygens (including phenoxy) is 2. The van der Waals surface area contributed by atoms with Crippen LogP contribution in [0.25, 0.3) is 11.3 Å². The van der Waals surface area contributed by atoms with Crippen LogP contribution in [0.5, 0.6) is 5.75 Å². The summed E-state index contributed by atoms with van der Waals surface area (Å²) in [6, 6.07) is 5.58. The standard InChI is InChI=1S/C16H19BrN4O3/c1-9-14(16(22)19-18)15(21-20-9)10-4-5-13(12(17)7-10)24-8-11-3-2-6-23-11/h4-5,7,11H,2-3,6,8,18H2,1H3,(H,19,22)(H,20,21). The molecule has 1 amide bonds. The van der Waals surface area contributed by atoms with Crippen LogP contribution in [0, 0.1) is 6.92 Å². The second kappa shape index (κ2) is 7.33. The van der Waals surface area contributed by atoms with Crippen molar-refractivity contribution < 1.29 is 14.3 Å². The lowest BCUT2D eigenvalue weighted by molar-refractivity contribution is 0.0677. The molecule has 3 rings (SSSR count). The molecule has 1 unspecified atom stereocenters. The molecule has 1 aliphatic heterocycles. The molecule has 0 spiro atoms. The van der Waals surface area contributed by atoms with Crippen LogP contribution in [0.3, 0.4) is 0 Å². The summed E-state index contributed by atoms with van der Waals surface area (Å²) in [6.07, 6.45) is 2.27. The number of hydrazine groups is 1. The Kier molecular flexibility index (Phi) is 5.17. The van der Waals surface area contributed by atoms with Crippen molar-refractivity contribution in [3.05, 3.63) is 33.9 Å². The number of hydrogen-bond acceptors (Lipinski definition) is 5. The van der Waals surface area contributed by atoms with Gasteiger partial charge in [0.25, 0.3) is 5.91 Å². The zero-order chi connectivity index (χ0) is 17.1. The number of aromatic amines is 1. The van der Waals surface area contributed by atoms with E-state index in [1.807, 2.05) is 18.2 Å². The van der Waals surface area contributed by atoms with Crippen molar-refractivity contribution in [1.29, 1.82) is 0 Å². The first-order valence-electron chi connectivity index (χ1n) is 7.70. The largest absolute Gasteiger partial charge is 0.490 e. The number of nitrogens with zero attached hydrogens (tertiary/aromatic N) is 1. The minimum atomic E-state index is -0.383. The Morgan fingerprint density at radius 1 is 1.58 bits per heavy atom. The molecular formula is C16H19BrN4O3. The van der Waals surface area contributed by atoms with Crippen LogP contribution >= 0.6 is 15.9 Å². The van der Waals surface area contributed by atoms with Gasteiger partial charge in [-0.3, -0.25) is 15.3 Å². The summed E-state index contributed by atoms with van der Waals surface area (Å²) in [5.41, 5.74) is 4.56. The van der Waals surface area contributed by atoms with Gasteiger partial charge in [-0.15, -0.1) is 0 Å². The highest BCUT2D eigenvalue weighted by atomic mass is 79.9. The smallest absolute Gasteiger partial charge is 0.269 e. The summed E-state index contributed by atoms with van der Waals surface area (Å²) >= 11 is 3.51. The number of aryl methyl sites for hydroxylation is 1. The first kappa shape index (κ1) is 16.9. The molecule has 1 fully saturated rings. The zero-order valence-corrected chi connectivity index (χ0v) is 14.9. The highest BCUT2D eigenvalue weighted by Gasteiger charge is 2.20. The number of nitrogens with two attached hydrogens (primary N) is 1. The molecule has 128 valence electrons. The molecule has 1 aromatic carbocycles. The van der Waals surface area contributed by atoms with Gasteiger partial charge >= 0.3 is 0 Å². The second-order valence-electron chi connectivity index (χ2n) is 5.64. The summed E-state index contributed by atoms with van der Waals surface area (Å²) in [5.74, 6) is 5.59. The maximum atomic E-state index is 11.9. The van der Waals surface area contributed by atoms with Crippen LogP contribution in [-0.4, -0.2) is 35.4 Å². The minimum absolute atomic E-state index is 0.158. The highest BCUT2D eigenvalue weighted by molar-refractivity contribution is 9.10. The van der Waals surface area contributed by atoms with Gasteiger partial charge in [-0.05, 0) is 53.9 Å². The quantitative estimate of drug-likeness (QED) is 0.410. The SMILES string of the molecule is Cc1[nH]nc(-c2ccc(OCC3CCCO3)c(Br)c2)c1C(=O)NN. The number of aromatic nitrogens is 2. The topological polar surface area (TPSA) is 102 Å². The average molecular weight is 395 g/mol. The lowest BCUT2D eigenvalue weighted by Gasteiger charge is -2.13. The third-order valence-electron chi connectivity index (χ3n) is 3.96. The lowest BCUT2D eigenvalue weighted by Crippen LogP contribution is -2.30. The van der Waals surface area contributed by atoms with Gasteiger partial charge in [-0.1, -0.05) is 0 Å². The first-order chi connectivity index (χ1) is 11.6. The fourth-order valence-electron chi connectivity index (χ4n) is 2.71. The van der Waals surface area contributed by atoms with E-state index in [1.54, 1.807) is 6.92 Å². The Morgan fingerprint density at radius 2 is 2.42 bits per heavy atom. The van der Waals surface area contributed by atoms with Crippen molar-refractivity contribution in [2.24, 2.45) is 5.84 Å². The van der Waals surface area contributed by atoms with Gasteiger partial charge in [0.05, 0.1) is 16.1 Å². The number of carbonyl (C=O) groups excluding carboxylic acids is 1. The molecule has 1 aromatic heterocycles. The highest BCUT2D eigenvalue weighted by Crippen LogP contribution is 2.32. The molecule has 1 aliphatic rings. The third-order valence-corrected chi connectivity index (χ3v) is 4.58. The van der Waals surface area contributed by atoms with E-state index >= 15 is 0 Å². The Balaban J connectivity index is 1.81. The molecular weight excluding hydrogens is 376 g/mol. The van der Waals surface area contributed by atoms with Crippen LogP contribution in [0.4, 0.5) is 0 Å². The van der Waals surface area contributed by atoms with Gasteiger partial charge in [0, 0.05) is 17.9 Å². The van der Waals surface area contributed by atoms with Crippen molar-refractivity contribution in [3.8, 4) is 17.0 Å². The predicted molar refractivity (Wildman–Crippen MR) is 92.6 cm³/mol. The minimum Gasteiger partial charge on any atom is -0.490 e. The monoisotopic (exact) mass is 394 g/mol. The molecule has 1 atom stereocenters. The number of amides is 1. The Hall–Kier alpha value is -1.90. The molecule has 2 aromatic rings. The normalized spacial score (nSPS) is 17.0. The summed E-state index contributed by atoms with van der Waals surface area (Å²) in [5, 5.41) is 7.03. The fraction of sp³-hybridized carbons (Fsp3) is 0.375. The number of rotatable bonds is 5. The van der Waals surface area contributed by atoms with E-state index in [9.17, 15) is 4.79 Å². The molecule has 1 saturated heterocycles. The number of hydrogen-bond donors (Lipinski definition) is 3. The van der Waals surface area contributed by atoms with E-state index in [2.05, 4.69) is 31.6 Å². The van der Waals surface area contributed by atoms with Crippen molar-refractivity contribution >= 4 is 21.8 Å². The van der Waals surface area contributed by atoms with E-state index in [0.717, 1.165) is 35.2 Å². The number of nitrogens with one attached hydrogen (secondary N) is 2. The summed E-state index contributed by atoms with van der Waals surface area (Å²) < 4.78 is 12.2. The molecule has 4 N–H and O–H groups in total. The number of benzene rings is 1. The van der Waals surface area contributed by atoms with Crippen molar-refractivity contribution in [3.63, 3.8) is 0 Å². The second-order valence-corrected chi connectivity index (χ2v) is 6.49. The van der Waals surface area contributed by atoms with E-state index in [1.165, 1.54) is 0 Å². The Morgan fingerprint density at radius 3 is 3.08 bits per heavy atom. The van der Waals surface area contributed by atoms with Crippen LogP contribution in [0.15, 0.2) is 22.7 Å². The number of H-pyrrole nitrogens is 1. The van der Waals surface area contributed by atoms with Gasteiger partial charge in [0.1, 0.15) is 18.1 Å². The number of carbonyl (C=O) groups is 1. The summed E-state index contributed by atoms with van der Waals surface area (Å²) in [7, 11) is 0. The molecule has 7 nitrogen and oxygen atoms in total. The van der Waals surface area contributed by atoms with E-state index in [4.69, 9.17) is 15.3 Å². The molecule has 8 heteroatoms. The van der Waals surface area contributed by atoms with Crippen LogP contribution in [-0.2, 0) is 4.74 Å². The van der Waals surface area contributed by atoms with Gasteiger partial charge in [0.15, 0.2) is 0 Å². The van der Waals surface area contributed by atoms with Gasteiger partial charge in [-0.2, -0.15) is 5.10 Å². The van der Waals surface area contributed by atoms with Crippen molar-refractivity contribution in [2.75, 3.05) is 13.2 Å². The third kappa shape index (κ3) is 3.45. The van der Waals surface area contributed by atoms with Crippen LogP contribution < -0.4 is 16.0 Å². The number of nitrogen functional groups attached to an aromatic ring is 1. The van der Waals surface area contributed by atoms with Gasteiger partial charge in [-0.25, -0.2) is 5.84 Å². The lowest BCUT2D eigenvalue weighted by atomic mass is 10.1. The predicted octanol–water partition coefficient (Wildman–Crippen LogP) is 2.31. The summed E-state index contributed by atoms with van der Waals surface area (Å²) in [4.78, 5) is 11.9. The Labute approximate surface area is 148 Å². The van der Waals surface area contributed by atoms with Crippen LogP contribution in [0.2, 0.25) is 0 Å². The maximum Gasteiger partial charge on any atom is 0.269 e. The van der Waals surface area contributed by atoms with Crippen molar-refractivity contribution in [2.45, 2.75) is 25.9 Å². The number of halogens is 1. The molecule has 0 saturated carbocycles. The molecule has 24 heavy (non-hydrogen) atoms. The Bertz CT molecular complexity index is 741.